The van der Waals surface area contributed by atoms with E-state index in [2.05, 4.69) is 31.2 Å². The number of nitrogens with zero attached hydrogens (tertiary/aromatic N) is 1. The molecule has 1 aromatic carbocycles. The van der Waals surface area contributed by atoms with Crippen molar-refractivity contribution in [2.75, 3.05) is 0 Å². The van der Waals surface area contributed by atoms with Gasteiger partial charge < -0.3 is 16.3 Å². The third kappa shape index (κ3) is 4.37. The molecule has 18 heavy (non-hydrogen) atoms. The van der Waals surface area contributed by atoms with E-state index < -0.39 is 0 Å². The van der Waals surface area contributed by atoms with Crippen LogP contribution in [0, 0.1) is 0 Å². The summed E-state index contributed by atoms with van der Waals surface area (Å²) in [4.78, 5) is 0. The summed E-state index contributed by atoms with van der Waals surface area (Å²) in [6.07, 6.45) is 2.32. The Hall–Kier alpha value is -1.55. The molecule has 4 N–H and O–H groups in total. The minimum Gasteiger partial charge on any atom is -0.409 e. The number of amidine groups is 1. The lowest BCUT2D eigenvalue weighted by atomic mass is 9.98. The van der Waals surface area contributed by atoms with E-state index in [-0.39, 0.29) is 11.4 Å². The molecule has 0 radical (unpaired) electrons. The van der Waals surface area contributed by atoms with Crippen LogP contribution in [0.1, 0.15) is 44.7 Å². The number of hydrogen-bond acceptors (Lipinski definition) is 3. The summed E-state index contributed by atoms with van der Waals surface area (Å²) in [5.41, 5.74) is 7.58. The highest BCUT2D eigenvalue weighted by Gasteiger charge is 2.14. The summed E-state index contributed by atoms with van der Waals surface area (Å²) in [6.45, 7) is 7.43. The van der Waals surface area contributed by atoms with Gasteiger partial charge in [-0.1, -0.05) is 42.8 Å². The quantitative estimate of drug-likeness (QED) is 0.314. The van der Waals surface area contributed by atoms with Gasteiger partial charge in [-0.05, 0) is 25.8 Å². The van der Waals surface area contributed by atoms with Crippen LogP contribution in [-0.2, 0) is 6.54 Å². The number of hydrogen-bond donors (Lipinski definition) is 3. The molecule has 100 valence electrons. The molecule has 0 unspecified atom stereocenters. The molecule has 1 rings (SSSR count). The van der Waals surface area contributed by atoms with Gasteiger partial charge in [0.2, 0.25) is 0 Å². The first-order valence-corrected chi connectivity index (χ1v) is 6.30. The second-order valence-corrected chi connectivity index (χ2v) is 5.17. The van der Waals surface area contributed by atoms with Crippen LogP contribution in [0.5, 0.6) is 0 Å². The van der Waals surface area contributed by atoms with Crippen LogP contribution in [-0.4, -0.2) is 16.6 Å². The second-order valence-electron chi connectivity index (χ2n) is 5.17. The zero-order valence-electron chi connectivity index (χ0n) is 11.4. The van der Waals surface area contributed by atoms with Crippen LogP contribution < -0.4 is 11.1 Å². The van der Waals surface area contributed by atoms with E-state index >= 15 is 0 Å². The van der Waals surface area contributed by atoms with Gasteiger partial charge in [-0.2, -0.15) is 0 Å². The minimum atomic E-state index is 0.140. The maximum atomic E-state index is 8.58. The lowest BCUT2D eigenvalue weighted by Gasteiger charge is -2.26. The fourth-order valence-corrected chi connectivity index (χ4v) is 1.91. The standard InChI is InChI=1S/C14H23N3O/c1-4-9-14(2,3)16-10-11-5-7-12(8-6-11)13(15)17-18/h5-8,16,18H,4,9-10H2,1-3H3,(H2,15,17). The maximum absolute atomic E-state index is 8.58. The van der Waals surface area contributed by atoms with Crippen LogP contribution in [0.2, 0.25) is 0 Å². The first-order chi connectivity index (χ1) is 8.48. The van der Waals surface area contributed by atoms with Crippen molar-refractivity contribution in [3.8, 4) is 0 Å². The highest BCUT2D eigenvalue weighted by Crippen LogP contribution is 2.12. The molecule has 0 aliphatic rings. The molecule has 0 atom stereocenters. The highest BCUT2D eigenvalue weighted by atomic mass is 16.4. The van der Waals surface area contributed by atoms with Gasteiger partial charge in [0.15, 0.2) is 5.84 Å². The summed E-state index contributed by atoms with van der Waals surface area (Å²) < 4.78 is 0. The van der Waals surface area contributed by atoms with Gasteiger partial charge >= 0.3 is 0 Å². The van der Waals surface area contributed by atoms with Gasteiger partial charge in [0, 0.05) is 17.6 Å². The van der Waals surface area contributed by atoms with Crippen molar-refractivity contribution in [1.29, 1.82) is 0 Å². The Balaban J connectivity index is 2.59. The number of rotatable bonds is 6. The first kappa shape index (κ1) is 14.5. The van der Waals surface area contributed by atoms with Crippen LogP contribution in [0.3, 0.4) is 0 Å². The molecule has 0 heterocycles. The molecule has 0 bridgehead atoms. The Labute approximate surface area is 109 Å². The summed E-state index contributed by atoms with van der Waals surface area (Å²) in [7, 11) is 0. The minimum absolute atomic E-state index is 0.140. The Bertz CT molecular complexity index is 396. The average Bonchev–Trinajstić information content (AvgIpc) is 2.36. The molecule has 0 aliphatic heterocycles. The van der Waals surface area contributed by atoms with Crippen molar-refractivity contribution < 1.29 is 5.21 Å². The monoisotopic (exact) mass is 249 g/mol. The lowest BCUT2D eigenvalue weighted by Crippen LogP contribution is -2.38. The smallest absolute Gasteiger partial charge is 0.170 e. The Morgan fingerprint density at radius 1 is 1.33 bits per heavy atom. The van der Waals surface area contributed by atoms with E-state index in [9.17, 15) is 0 Å². The summed E-state index contributed by atoms with van der Waals surface area (Å²) >= 11 is 0. The average molecular weight is 249 g/mol. The van der Waals surface area contributed by atoms with Crippen molar-refractivity contribution >= 4 is 5.84 Å². The molecule has 0 saturated carbocycles. The van der Waals surface area contributed by atoms with E-state index in [1.807, 2.05) is 24.3 Å². The summed E-state index contributed by atoms with van der Waals surface area (Å²) in [5.74, 6) is 0.140. The third-order valence-electron chi connectivity index (χ3n) is 3.00. The number of oxime groups is 1. The number of nitrogens with two attached hydrogens (primary N) is 1. The topological polar surface area (TPSA) is 70.6 Å². The summed E-state index contributed by atoms with van der Waals surface area (Å²) in [5, 5.41) is 15.1. The molecule has 1 aromatic rings. The fourth-order valence-electron chi connectivity index (χ4n) is 1.91. The van der Waals surface area contributed by atoms with E-state index in [1.54, 1.807) is 0 Å². The molecule has 0 spiro atoms. The second kappa shape index (κ2) is 6.40. The first-order valence-electron chi connectivity index (χ1n) is 6.30. The Kier molecular flexibility index (Phi) is 5.16. The van der Waals surface area contributed by atoms with E-state index in [4.69, 9.17) is 10.9 Å². The molecule has 4 heteroatoms. The van der Waals surface area contributed by atoms with E-state index in [0.717, 1.165) is 18.5 Å². The van der Waals surface area contributed by atoms with Crippen molar-refractivity contribution in [2.24, 2.45) is 10.9 Å². The highest BCUT2D eigenvalue weighted by molar-refractivity contribution is 5.96. The largest absolute Gasteiger partial charge is 0.409 e. The number of nitrogens with one attached hydrogen (secondary N) is 1. The fraction of sp³-hybridized carbons (Fsp3) is 0.500. The lowest BCUT2D eigenvalue weighted by molar-refractivity contribution is 0.318. The van der Waals surface area contributed by atoms with Crippen LogP contribution in [0.15, 0.2) is 29.4 Å². The van der Waals surface area contributed by atoms with E-state index in [1.165, 1.54) is 12.0 Å². The van der Waals surface area contributed by atoms with Crippen molar-refractivity contribution in [3.63, 3.8) is 0 Å². The molecule has 0 aromatic heterocycles. The molecule has 4 nitrogen and oxygen atoms in total. The molecule has 0 amide bonds. The zero-order valence-corrected chi connectivity index (χ0v) is 11.4. The predicted octanol–water partition coefficient (Wildman–Crippen LogP) is 2.45. The molecule has 0 fully saturated rings. The van der Waals surface area contributed by atoms with Gasteiger partial charge in [0.25, 0.3) is 0 Å². The van der Waals surface area contributed by atoms with Gasteiger partial charge in [0.1, 0.15) is 0 Å². The van der Waals surface area contributed by atoms with E-state index in [0.29, 0.717) is 0 Å². The van der Waals surface area contributed by atoms with Crippen LogP contribution in [0.4, 0.5) is 0 Å². The third-order valence-corrected chi connectivity index (χ3v) is 3.00. The molecule has 0 saturated heterocycles. The molecule has 0 aliphatic carbocycles. The van der Waals surface area contributed by atoms with Gasteiger partial charge in [-0.15, -0.1) is 0 Å². The Morgan fingerprint density at radius 3 is 2.44 bits per heavy atom. The maximum Gasteiger partial charge on any atom is 0.170 e. The van der Waals surface area contributed by atoms with Crippen molar-refractivity contribution in [3.05, 3.63) is 35.4 Å². The van der Waals surface area contributed by atoms with Crippen molar-refractivity contribution in [1.82, 2.24) is 5.32 Å². The van der Waals surface area contributed by atoms with Gasteiger partial charge in [-0.25, -0.2) is 0 Å². The Morgan fingerprint density at radius 2 is 1.94 bits per heavy atom. The predicted molar refractivity (Wildman–Crippen MR) is 74.8 cm³/mol. The van der Waals surface area contributed by atoms with Gasteiger partial charge in [0.05, 0.1) is 0 Å². The zero-order chi connectivity index (χ0) is 13.6. The summed E-state index contributed by atoms with van der Waals surface area (Å²) in [6, 6.07) is 7.70. The van der Waals surface area contributed by atoms with Crippen molar-refractivity contribution in [2.45, 2.75) is 45.7 Å². The SMILES string of the molecule is CCCC(C)(C)NCc1ccc(/C(N)=N/O)cc1. The van der Waals surface area contributed by atoms with Crippen LogP contribution >= 0.6 is 0 Å². The molecular formula is C14H23N3O. The van der Waals surface area contributed by atoms with Crippen LogP contribution in [0.25, 0.3) is 0 Å². The molecular weight excluding hydrogens is 226 g/mol. The van der Waals surface area contributed by atoms with Gasteiger partial charge in [-0.3, -0.25) is 0 Å². The normalized spacial score (nSPS) is 12.7. The number of benzene rings is 1.